The van der Waals surface area contributed by atoms with Gasteiger partial charge in [0.25, 0.3) is 5.91 Å². The fourth-order valence-electron chi connectivity index (χ4n) is 4.51. The lowest BCUT2D eigenvalue weighted by Gasteiger charge is -2.26. The van der Waals surface area contributed by atoms with Crippen LogP contribution in [0.15, 0.2) is 70.6 Å². The summed E-state index contributed by atoms with van der Waals surface area (Å²) in [7, 11) is 0. The summed E-state index contributed by atoms with van der Waals surface area (Å²) in [6.07, 6.45) is 1.81. The van der Waals surface area contributed by atoms with Gasteiger partial charge in [-0.2, -0.15) is 4.99 Å². The Hall–Kier alpha value is -3.64. The van der Waals surface area contributed by atoms with E-state index in [1.54, 1.807) is 4.90 Å². The fourth-order valence-corrected chi connectivity index (χ4v) is 5.40. The number of aliphatic imine (C=N–C) groups is 1. The highest BCUT2D eigenvalue weighted by molar-refractivity contribution is 8.17. The Morgan fingerprint density at radius 3 is 2.36 bits per heavy atom. The van der Waals surface area contributed by atoms with Crippen molar-refractivity contribution in [2.45, 2.75) is 27.7 Å². The number of aromatic nitrogens is 1. The first kappa shape index (κ1) is 21.2. The molecule has 5 nitrogen and oxygen atoms in total. The van der Waals surface area contributed by atoms with Crippen LogP contribution in [0.1, 0.15) is 33.6 Å². The Labute approximate surface area is 197 Å². The Bertz CT molecular complexity index is 1390. The molecule has 0 bridgehead atoms. The normalized spacial score (nSPS) is 16.8. The van der Waals surface area contributed by atoms with Crippen LogP contribution >= 0.6 is 11.8 Å². The van der Waals surface area contributed by atoms with Crippen molar-refractivity contribution >= 4 is 40.4 Å². The van der Waals surface area contributed by atoms with Gasteiger partial charge in [0.2, 0.25) is 0 Å². The number of fused-ring (bicyclic) bond motifs is 1. The van der Waals surface area contributed by atoms with Crippen molar-refractivity contribution in [3.8, 4) is 5.69 Å². The third-order valence-electron chi connectivity index (χ3n) is 6.12. The minimum atomic E-state index is -0.377. The van der Waals surface area contributed by atoms with Crippen LogP contribution in [0.25, 0.3) is 17.5 Å². The number of hydrogen-bond acceptors (Lipinski definition) is 3. The zero-order chi connectivity index (χ0) is 23.3. The zero-order valence-electron chi connectivity index (χ0n) is 19.0. The highest BCUT2D eigenvalue weighted by atomic mass is 32.2. The topological polar surface area (TPSA) is 61.5 Å². The number of carbonyl (C=O) groups excluding carboxylic acids is 1. The molecule has 0 aliphatic carbocycles. The van der Waals surface area contributed by atoms with Gasteiger partial charge in [-0.25, -0.2) is 0 Å². The number of para-hydroxylation sites is 1. The van der Waals surface area contributed by atoms with E-state index in [1.165, 1.54) is 22.9 Å². The van der Waals surface area contributed by atoms with Gasteiger partial charge < -0.3 is 4.57 Å². The largest absolute Gasteiger partial charge is 0.317 e. The molecule has 0 radical (unpaired) electrons. The van der Waals surface area contributed by atoms with E-state index in [1.807, 2.05) is 41.8 Å². The maximum absolute atomic E-state index is 12.9. The summed E-state index contributed by atoms with van der Waals surface area (Å²) in [6, 6.07) is 18.2. The molecule has 1 aromatic heterocycles. The molecule has 5 rings (SSSR count). The average Bonchev–Trinajstić information content (AvgIpc) is 3.33. The van der Waals surface area contributed by atoms with E-state index in [4.69, 9.17) is 5.41 Å². The number of aryl methyl sites for hydroxylation is 3. The summed E-state index contributed by atoms with van der Waals surface area (Å²) in [5.41, 5.74) is 8.72. The second-order valence-electron chi connectivity index (χ2n) is 8.33. The van der Waals surface area contributed by atoms with Gasteiger partial charge in [-0.1, -0.05) is 60.3 Å². The van der Waals surface area contributed by atoms with Gasteiger partial charge in [0.1, 0.15) is 5.84 Å². The summed E-state index contributed by atoms with van der Waals surface area (Å²) >= 11 is 1.38. The molecule has 0 atom stereocenters. The summed E-state index contributed by atoms with van der Waals surface area (Å²) in [6.45, 7) is 8.34. The van der Waals surface area contributed by atoms with E-state index < -0.39 is 0 Å². The fraction of sp³-hybridized carbons (Fsp3) is 0.148. The number of rotatable bonds is 3. The van der Waals surface area contributed by atoms with E-state index in [0.717, 1.165) is 33.9 Å². The Balaban J connectivity index is 1.58. The van der Waals surface area contributed by atoms with E-state index in [9.17, 15) is 4.79 Å². The van der Waals surface area contributed by atoms with Crippen LogP contribution in [0, 0.1) is 33.1 Å². The average molecular weight is 453 g/mol. The van der Waals surface area contributed by atoms with Gasteiger partial charge in [-0.15, -0.1) is 0 Å². The summed E-state index contributed by atoms with van der Waals surface area (Å²) in [5, 5.41) is 11.4. The molecular formula is C27H24N4OS. The van der Waals surface area contributed by atoms with Crippen LogP contribution in [0.3, 0.4) is 0 Å². The van der Waals surface area contributed by atoms with Crippen molar-refractivity contribution in [1.29, 1.82) is 5.41 Å². The van der Waals surface area contributed by atoms with Crippen molar-refractivity contribution in [1.82, 2.24) is 9.47 Å². The van der Waals surface area contributed by atoms with Crippen molar-refractivity contribution < 1.29 is 4.79 Å². The number of amidine groups is 2. The molecule has 1 N–H and O–H groups in total. The van der Waals surface area contributed by atoms with Crippen LogP contribution in [0.2, 0.25) is 0 Å². The van der Waals surface area contributed by atoms with Crippen LogP contribution in [0.5, 0.6) is 0 Å². The first-order valence-corrected chi connectivity index (χ1v) is 11.7. The molecule has 0 saturated heterocycles. The molecule has 0 unspecified atom stereocenters. The lowest BCUT2D eigenvalue weighted by Crippen LogP contribution is -2.38. The Morgan fingerprint density at radius 1 is 0.970 bits per heavy atom. The van der Waals surface area contributed by atoms with E-state index in [0.29, 0.717) is 10.7 Å². The first-order valence-electron chi connectivity index (χ1n) is 10.8. The number of hydrogen-bond donors (Lipinski definition) is 1. The van der Waals surface area contributed by atoms with Gasteiger partial charge in [0.15, 0.2) is 5.17 Å². The van der Waals surface area contributed by atoms with E-state index in [2.05, 4.69) is 61.5 Å². The van der Waals surface area contributed by atoms with Crippen molar-refractivity contribution in [2.24, 2.45) is 4.99 Å². The smallest absolute Gasteiger partial charge is 0.283 e. The molecule has 3 heterocycles. The first-order chi connectivity index (χ1) is 15.9. The van der Waals surface area contributed by atoms with E-state index in [-0.39, 0.29) is 11.7 Å². The number of nitrogens with one attached hydrogen (secondary N) is 1. The number of benzene rings is 2. The molecule has 3 aromatic rings. The Kier molecular flexibility index (Phi) is 5.17. The second-order valence-corrected chi connectivity index (χ2v) is 9.17. The van der Waals surface area contributed by atoms with Crippen LogP contribution in [-0.4, -0.2) is 26.4 Å². The summed E-state index contributed by atoms with van der Waals surface area (Å²) in [5.74, 6) is -0.222. The quantitative estimate of drug-likeness (QED) is 0.495. The van der Waals surface area contributed by atoms with Crippen molar-refractivity contribution in [3.63, 3.8) is 0 Å². The maximum Gasteiger partial charge on any atom is 0.283 e. The molecule has 33 heavy (non-hydrogen) atoms. The molecule has 2 aliphatic heterocycles. The summed E-state index contributed by atoms with van der Waals surface area (Å²) in [4.78, 5) is 19.0. The van der Waals surface area contributed by atoms with Gasteiger partial charge in [0, 0.05) is 16.8 Å². The summed E-state index contributed by atoms with van der Waals surface area (Å²) < 4.78 is 2.23. The number of nitrogens with zero attached hydrogens (tertiary/aromatic N) is 3. The molecule has 2 aliphatic rings. The van der Waals surface area contributed by atoms with Gasteiger partial charge >= 0.3 is 0 Å². The number of amides is 1. The molecule has 164 valence electrons. The SMILES string of the molecule is Cc1cccc(C)c1-n1c(C)cc(C=C2C(=N)N3C(c4ccccc4)=CSC3=NC2=O)c1C. The molecule has 0 saturated carbocycles. The van der Waals surface area contributed by atoms with Gasteiger partial charge in [-0.05, 0) is 62.1 Å². The predicted molar refractivity (Wildman–Crippen MR) is 137 cm³/mol. The third-order valence-corrected chi connectivity index (χ3v) is 6.94. The van der Waals surface area contributed by atoms with Crippen molar-refractivity contribution in [3.05, 3.63) is 99.2 Å². The lowest BCUT2D eigenvalue weighted by atomic mass is 10.1. The van der Waals surface area contributed by atoms with E-state index >= 15 is 0 Å². The third kappa shape index (κ3) is 3.47. The molecule has 0 fully saturated rings. The minimum Gasteiger partial charge on any atom is -0.317 e. The molecule has 2 aromatic carbocycles. The van der Waals surface area contributed by atoms with Crippen LogP contribution in [-0.2, 0) is 4.79 Å². The molecule has 1 amide bonds. The van der Waals surface area contributed by atoms with Gasteiger partial charge in [-0.3, -0.25) is 15.1 Å². The highest BCUT2D eigenvalue weighted by Gasteiger charge is 2.36. The van der Waals surface area contributed by atoms with Crippen molar-refractivity contribution in [2.75, 3.05) is 0 Å². The van der Waals surface area contributed by atoms with Gasteiger partial charge in [0.05, 0.1) is 17.0 Å². The maximum atomic E-state index is 12.9. The predicted octanol–water partition coefficient (Wildman–Crippen LogP) is 6.02. The second kappa shape index (κ2) is 8.05. The molecular weight excluding hydrogens is 428 g/mol. The number of carbonyl (C=O) groups is 1. The zero-order valence-corrected chi connectivity index (χ0v) is 19.8. The number of thioether (sulfide) groups is 1. The monoisotopic (exact) mass is 452 g/mol. The van der Waals surface area contributed by atoms with Crippen LogP contribution in [0.4, 0.5) is 0 Å². The lowest BCUT2D eigenvalue weighted by molar-refractivity contribution is -0.114. The minimum absolute atomic E-state index is 0.155. The molecule has 6 heteroatoms. The van der Waals surface area contributed by atoms with Crippen LogP contribution < -0.4 is 0 Å². The molecule has 0 spiro atoms. The highest BCUT2D eigenvalue weighted by Crippen LogP contribution is 2.37. The Morgan fingerprint density at radius 2 is 1.67 bits per heavy atom. The standard InChI is InChI=1S/C27H24N4OS/c1-16-9-8-10-17(2)24(16)30-18(3)13-21(19(30)4)14-22-25(28)31-23(20-11-6-5-7-12-20)15-33-27(31)29-26(22)32/h5-15,28H,1-4H3.